The third-order valence-corrected chi connectivity index (χ3v) is 3.14. The summed E-state index contributed by atoms with van der Waals surface area (Å²) < 4.78 is 5.53. The normalized spacial score (nSPS) is 10.0. The van der Waals surface area contributed by atoms with Crippen LogP contribution in [0.3, 0.4) is 0 Å². The zero-order valence-corrected chi connectivity index (χ0v) is 13.3. The van der Waals surface area contributed by atoms with Crippen molar-refractivity contribution in [1.29, 1.82) is 0 Å². The third kappa shape index (κ3) is 5.25. The molecule has 21 heavy (non-hydrogen) atoms. The molecule has 5 heteroatoms. The van der Waals surface area contributed by atoms with Gasteiger partial charge in [0, 0.05) is 16.4 Å². The van der Waals surface area contributed by atoms with Crippen LogP contribution in [-0.4, -0.2) is 11.7 Å². The number of anilines is 2. The Bertz CT molecular complexity index is 584. The van der Waals surface area contributed by atoms with Gasteiger partial charge < -0.3 is 15.4 Å². The fraction of sp³-hybridized carbons (Fsp3) is 0.188. The Balaban J connectivity index is 1.88. The van der Waals surface area contributed by atoms with Gasteiger partial charge in [0.15, 0.2) is 5.11 Å². The zero-order chi connectivity index (χ0) is 15.1. The quantitative estimate of drug-likeness (QED) is 0.765. The number of nitrogens with one attached hydrogen (secondary N) is 2. The van der Waals surface area contributed by atoms with E-state index in [0.29, 0.717) is 10.1 Å². The Morgan fingerprint density at radius 3 is 2.05 bits per heavy atom. The standard InChI is InChI=1S/C16H17ClN2OS/c1-2-11-20-15-9-7-14(8-10-15)19-16(21)18-13-5-3-12(17)4-6-13/h3-10H,2,11H2,1H3,(H2,18,19,21). The monoisotopic (exact) mass is 320 g/mol. The van der Waals surface area contributed by atoms with E-state index in [-0.39, 0.29) is 0 Å². The van der Waals surface area contributed by atoms with Crippen LogP contribution in [0, 0.1) is 0 Å². The van der Waals surface area contributed by atoms with Gasteiger partial charge >= 0.3 is 0 Å². The Kier molecular flexibility index (Phi) is 5.84. The van der Waals surface area contributed by atoms with E-state index >= 15 is 0 Å². The summed E-state index contributed by atoms with van der Waals surface area (Å²) in [7, 11) is 0. The molecule has 0 aliphatic heterocycles. The summed E-state index contributed by atoms with van der Waals surface area (Å²) in [5, 5.41) is 7.44. The van der Waals surface area contributed by atoms with Gasteiger partial charge in [-0.15, -0.1) is 0 Å². The van der Waals surface area contributed by atoms with Crippen molar-refractivity contribution in [2.45, 2.75) is 13.3 Å². The predicted octanol–water partition coefficient (Wildman–Crippen LogP) is 4.94. The molecule has 0 saturated carbocycles. The molecule has 110 valence electrons. The lowest BCUT2D eigenvalue weighted by molar-refractivity contribution is 0.317. The zero-order valence-electron chi connectivity index (χ0n) is 11.7. The minimum absolute atomic E-state index is 0.527. The van der Waals surface area contributed by atoms with Crippen LogP contribution >= 0.6 is 23.8 Å². The Morgan fingerprint density at radius 1 is 1.00 bits per heavy atom. The summed E-state index contributed by atoms with van der Waals surface area (Å²) >= 11 is 11.1. The highest BCUT2D eigenvalue weighted by Gasteiger charge is 2.00. The second-order valence-corrected chi connectivity index (χ2v) is 5.30. The molecule has 2 aromatic rings. The van der Waals surface area contributed by atoms with Crippen molar-refractivity contribution in [3.63, 3.8) is 0 Å². The van der Waals surface area contributed by atoms with Crippen LogP contribution < -0.4 is 15.4 Å². The van der Waals surface area contributed by atoms with Gasteiger partial charge in [-0.1, -0.05) is 18.5 Å². The molecule has 0 heterocycles. The predicted molar refractivity (Wildman–Crippen MR) is 93.5 cm³/mol. The Hall–Kier alpha value is -1.78. The number of benzene rings is 2. The van der Waals surface area contributed by atoms with Crippen LogP contribution in [0.4, 0.5) is 11.4 Å². The van der Waals surface area contributed by atoms with E-state index in [1.165, 1.54) is 0 Å². The molecule has 0 radical (unpaired) electrons. The highest BCUT2D eigenvalue weighted by molar-refractivity contribution is 7.80. The van der Waals surface area contributed by atoms with E-state index < -0.39 is 0 Å². The topological polar surface area (TPSA) is 33.3 Å². The molecular formula is C16H17ClN2OS. The molecule has 2 N–H and O–H groups in total. The van der Waals surface area contributed by atoms with Crippen molar-refractivity contribution in [3.05, 3.63) is 53.6 Å². The molecule has 3 nitrogen and oxygen atoms in total. The first kappa shape index (κ1) is 15.6. The van der Waals surface area contributed by atoms with Gasteiger partial charge in [-0.2, -0.15) is 0 Å². The lowest BCUT2D eigenvalue weighted by Crippen LogP contribution is -2.18. The number of hydrogen-bond acceptors (Lipinski definition) is 2. The van der Waals surface area contributed by atoms with E-state index in [1.807, 2.05) is 48.5 Å². The van der Waals surface area contributed by atoms with E-state index in [2.05, 4.69) is 17.6 Å². The van der Waals surface area contributed by atoms with E-state index in [9.17, 15) is 0 Å². The number of rotatable bonds is 5. The first-order chi connectivity index (χ1) is 10.2. The molecule has 2 aromatic carbocycles. The number of thiocarbonyl (C=S) groups is 1. The fourth-order valence-corrected chi connectivity index (χ4v) is 2.04. The number of halogens is 1. The van der Waals surface area contributed by atoms with Gasteiger partial charge in [-0.05, 0) is 67.2 Å². The summed E-state index contributed by atoms with van der Waals surface area (Å²) in [4.78, 5) is 0. The van der Waals surface area contributed by atoms with Crippen LogP contribution in [0.5, 0.6) is 5.75 Å². The minimum atomic E-state index is 0.527. The van der Waals surface area contributed by atoms with Gasteiger partial charge in [0.1, 0.15) is 5.75 Å². The highest BCUT2D eigenvalue weighted by Crippen LogP contribution is 2.17. The second-order valence-electron chi connectivity index (χ2n) is 4.46. The molecule has 0 amide bonds. The van der Waals surface area contributed by atoms with Gasteiger partial charge in [-0.3, -0.25) is 0 Å². The third-order valence-electron chi connectivity index (χ3n) is 2.69. The first-order valence-corrected chi connectivity index (χ1v) is 7.52. The maximum absolute atomic E-state index is 5.84. The van der Waals surface area contributed by atoms with Crippen molar-refractivity contribution in [2.75, 3.05) is 17.2 Å². The van der Waals surface area contributed by atoms with Crippen LogP contribution in [-0.2, 0) is 0 Å². The number of ether oxygens (including phenoxy) is 1. The van der Waals surface area contributed by atoms with Crippen molar-refractivity contribution >= 4 is 40.3 Å². The smallest absolute Gasteiger partial charge is 0.175 e. The largest absolute Gasteiger partial charge is 0.494 e. The maximum Gasteiger partial charge on any atom is 0.175 e. The van der Waals surface area contributed by atoms with Crippen LogP contribution in [0.1, 0.15) is 13.3 Å². The van der Waals surface area contributed by atoms with Gasteiger partial charge in [-0.25, -0.2) is 0 Å². The highest BCUT2D eigenvalue weighted by atomic mass is 35.5. The summed E-state index contributed by atoms with van der Waals surface area (Å²) in [5.74, 6) is 0.860. The van der Waals surface area contributed by atoms with Crippen LogP contribution in [0.2, 0.25) is 5.02 Å². The van der Waals surface area contributed by atoms with Crippen LogP contribution in [0.15, 0.2) is 48.5 Å². The van der Waals surface area contributed by atoms with Gasteiger partial charge in [0.05, 0.1) is 6.61 Å². The number of hydrogen-bond donors (Lipinski definition) is 2. The molecule has 0 aliphatic rings. The molecule has 0 fully saturated rings. The van der Waals surface area contributed by atoms with E-state index in [0.717, 1.165) is 30.2 Å². The second kappa shape index (κ2) is 7.86. The summed E-state index contributed by atoms with van der Waals surface area (Å²) in [6.07, 6.45) is 0.995. The summed E-state index contributed by atoms with van der Waals surface area (Å²) in [6.45, 7) is 2.81. The lowest BCUT2D eigenvalue weighted by Gasteiger charge is -2.11. The molecule has 0 aromatic heterocycles. The average molecular weight is 321 g/mol. The molecule has 0 spiro atoms. The summed E-state index contributed by atoms with van der Waals surface area (Å²) in [5.41, 5.74) is 1.80. The van der Waals surface area contributed by atoms with E-state index in [1.54, 1.807) is 0 Å². The van der Waals surface area contributed by atoms with Gasteiger partial charge in [0.25, 0.3) is 0 Å². The average Bonchev–Trinajstić information content (AvgIpc) is 2.49. The van der Waals surface area contributed by atoms with Crippen molar-refractivity contribution < 1.29 is 4.74 Å². The molecule has 2 rings (SSSR count). The molecule has 0 aliphatic carbocycles. The van der Waals surface area contributed by atoms with Crippen LogP contribution in [0.25, 0.3) is 0 Å². The Labute approximate surface area is 135 Å². The SMILES string of the molecule is CCCOc1ccc(NC(=S)Nc2ccc(Cl)cc2)cc1. The molecule has 0 unspecified atom stereocenters. The first-order valence-electron chi connectivity index (χ1n) is 6.74. The lowest BCUT2D eigenvalue weighted by atomic mass is 10.3. The fourth-order valence-electron chi connectivity index (χ4n) is 1.68. The Morgan fingerprint density at radius 2 is 1.52 bits per heavy atom. The molecule has 0 bridgehead atoms. The minimum Gasteiger partial charge on any atom is -0.494 e. The molecule has 0 atom stereocenters. The van der Waals surface area contributed by atoms with Crippen molar-refractivity contribution in [2.24, 2.45) is 0 Å². The molecule has 0 saturated heterocycles. The summed E-state index contributed by atoms with van der Waals surface area (Å²) in [6, 6.07) is 15.1. The van der Waals surface area contributed by atoms with Gasteiger partial charge in [0.2, 0.25) is 0 Å². The molecular weight excluding hydrogens is 304 g/mol. The maximum atomic E-state index is 5.84. The van der Waals surface area contributed by atoms with E-state index in [4.69, 9.17) is 28.6 Å². The van der Waals surface area contributed by atoms with Crippen molar-refractivity contribution in [3.8, 4) is 5.75 Å². The van der Waals surface area contributed by atoms with Crippen molar-refractivity contribution in [1.82, 2.24) is 0 Å².